The summed E-state index contributed by atoms with van der Waals surface area (Å²) in [6, 6.07) is -0.683. The zero-order chi connectivity index (χ0) is 8.10. The Morgan fingerprint density at radius 3 is 3.27 bits per heavy atom. The Balaban J connectivity index is 2.43. The molecule has 0 aliphatic rings. The van der Waals surface area contributed by atoms with Crippen molar-refractivity contribution in [2.45, 2.75) is 0 Å². The normalized spacial score (nSPS) is 10.2. The molecular weight excluding hydrogens is 164 g/mol. The van der Waals surface area contributed by atoms with Crippen LogP contribution in [0.3, 0.4) is 0 Å². The number of hydrazone groups is 1. The number of nitrogens with zero attached hydrogens (tertiary/aromatic N) is 2. The van der Waals surface area contributed by atoms with Gasteiger partial charge in [0, 0.05) is 11.6 Å². The fourth-order valence-electron chi connectivity index (χ4n) is 0.449. The maximum absolute atomic E-state index is 10.1. The van der Waals surface area contributed by atoms with E-state index in [-0.39, 0.29) is 0 Å². The molecule has 0 aliphatic carbocycles. The van der Waals surface area contributed by atoms with Gasteiger partial charge in [0.15, 0.2) is 0 Å². The summed E-state index contributed by atoms with van der Waals surface area (Å²) in [7, 11) is 0. The van der Waals surface area contributed by atoms with Crippen molar-refractivity contribution >= 4 is 23.6 Å². The lowest BCUT2D eigenvalue weighted by molar-refractivity contribution is 0.249. The zero-order valence-corrected chi connectivity index (χ0v) is 6.34. The quantitative estimate of drug-likeness (QED) is 0.489. The van der Waals surface area contributed by atoms with Crippen molar-refractivity contribution in [1.29, 1.82) is 0 Å². The minimum absolute atomic E-state index is 0.683. The van der Waals surface area contributed by atoms with Gasteiger partial charge >= 0.3 is 6.03 Å². The predicted octanol–water partition coefficient (Wildman–Crippen LogP) is 0.145. The number of hydrogen-bond acceptors (Lipinski definition) is 4. The van der Waals surface area contributed by atoms with Crippen molar-refractivity contribution in [3.8, 4) is 0 Å². The van der Waals surface area contributed by atoms with E-state index in [1.54, 1.807) is 6.20 Å². The molecule has 0 fully saturated rings. The molecule has 5 nitrogen and oxygen atoms in total. The van der Waals surface area contributed by atoms with Crippen LogP contribution >= 0.6 is 11.3 Å². The number of aromatic nitrogens is 1. The van der Waals surface area contributed by atoms with Crippen molar-refractivity contribution in [3.05, 3.63) is 16.6 Å². The number of hydrogen-bond donors (Lipinski definition) is 2. The minimum Gasteiger partial charge on any atom is -0.350 e. The van der Waals surface area contributed by atoms with Crippen LogP contribution in [0.15, 0.2) is 16.7 Å². The number of nitrogens with two attached hydrogens (primary N) is 1. The summed E-state index contributed by atoms with van der Waals surface area (Å²) in [6.45, 7) is 0. The summed E-state index contributed by atoms with van der Waals surface area (Å²) in [5.41, 5.74) is 6.81. The zero-order valence-electron chi connectivity index (χ0n) is 5.52. The fraction of sp³-hybridized carbons (Fsp3) is 0. The van der Waals surface area contributed by atoms with E-state index < -0.39 is 6.03 Å². The lowest BCUT2D eigenvalue weighted by Crippen LogP contribution is -2.24. The first-order valence-electron chi connectivity index (χ1n) is 2.77. The van der Waals surface area contributed by atoms with Crippen LogP contribution in [0.2, 0.25) is 0 Å². The Kier molecular flexibility index (Phi) is 2.56. The van der Waals surface area contributed by atoms with Gasteiger partial charge in [-0.25, -0.2) is 15.2 Å². The van der Waals surface area contributed by atoms with Crippen LogP contribution in [0.25, 0.3) is 0 Å². The lowest BCUT2D eigenvalue weighted by atomic mass is 10.8. The van der Waals surface area contributed by atoms with Crippen molar-refractivity contribution in [2.75, 3.05) is 0 Å². The number of nitrogens with one attached hydrogen (secondary N) is 1. The number of primary amides is 1. The molecule has 0 aromatic carbocycles. The van der Waals surface area contributed by atoms with Gasteiger partial charge in [-0.05, 0) is 0 Å². The predicted molar refractivity (Wildman–Crippen MR) is 42.4 cm³/mol. The first-order valence-corrected chi connectivity index (χ1v) is 3.65. The molecule has 6 heteroatoms. The molecule has 58 valence electrons. The maximum Gasteiger partial charge on any atom is 0.332 e. The second-order valence-corrected chi connectivity index (χ2v) is 2.53. The smallest absolute Gasteiger partial charge is 0.332 e. The molecule has 1 rings (SSSR count). The largest absolute Gasteiger partial charge is 0.350 e. The number of carbonyl (C=O) groups excluding carboxylic acids is 1. The highest BCUT2D eigenvalue weighted by molar-refractivity contribution is 7.11. The first-order chi connectivity index (χ1) is 5.29. The van der Waals surface area contributed by atoms with E-state index in [9.17, 15) is 4.79 Å². The Hall–Kier alpha value is -1.43. The molecule has 0 radical (unpaired) electrons. The summed E-state index contributed by atoms with van der Waals surface area (Å²) in [6.07, 6.45) is 3.08. The summed E-state index contributed by atoms with van der Waals surface area (Å²) in [4.78, 5) is 14.0. The average molecular weight is 170 g/mol. The van der Waals surface area contributed by atoms with E-state index >= 15 is 0 Å². The van der Waals surface area contributed by atoms with E-state index in [2.05, 4.69) is 15.5 Å². The molecular formula is C5H6N4OS. The van der Waals surface area contributed by atoms with Gasteiger partial charge in [-0.15, -0.1) is 11.3 Å². The van der Waals surface area contributed by atoms with Crippen molar-refractivity contribution in [3.63, 3.8) is 0 Å². The summed E-state index contributed by atoms with van der Waals surface area (Å²) >= 11 is 1.42. The molecule has 0 bridgehead atoms. The first kappa shape index (κ1) is 7.67. The van der Waals surface area contributed by atoms with Gasteiger partial charge in [0.05, 0.1) is 6.21 Å². The summed E-state index contributed by atoms with van der Waals surface area (Å²) in [5, 5.41) is 6.04. The number of amides is 2. The molecule has 2 amide bonds. The van der Waals surface area contributed by atoms with Gasteiger partial charge in [-0.2, -0.15) is 5.10 Å². The monoisotopic (exact) mass is 170 g/mol. The third-order valence-electron chi connectivity index (χ3n) is 0.801. The van der Waals surface area contributed by atoms with Crippen LogP contribution < -0.4 is 11.2 Å². The molecule has 3 N–H and O–H groups in total. The van der Waals surface area contributed by atoms with Crippen LogP contribution in [0.1, 0.15) is 5.01 Å². The Morgan fingerprint density at radius 2 is 2.73 bits per heavy atom. The molecule has 1 heterocycles. The second kappa shape index (κ2) is 3.67. The molecule has 0 saturated carbocycles. The number of carbonyl (C=O) groups is 1. The maximum atomic E-state index is 10.1. The Labute approximate surface area is 66.9 Å². The van der Waals surface area contributed by atoms with Gasteiger partial charge in [0.25, 0.3) is 0 Å². The van der Waals surface area contributed by atoms with Gasteiger partial charge in [-0.1, -0.05) is 0 Å². The van der Waals surface area contributed by atoms with Gasteiger partial charge < -0.3 is 5.73 Å². The van der Waals surface area contributed by atoms with Crippen molar-refractivity contribution in [1.82, 2.24) is 10.4 Å². The van der Waals surface area contributed by atoms with Gasteiger partial charge in [0.1, 0.15) is 5.01 Å². The van der Waals surface area contributed by atoms with E-state index in [4.69, 9.17) is 5.73 Å². The average Bonchev–Trinajstić information content (AvgIpc) is 2.39. The highest BCUT2D eigenvalue weighted by Gasteiger charge is 1.88. The van der Waals surface area contributed by atoms with Crippen LogP contribution in [-0.4, -0.2) is 17.2 Å². The SMILES string of the molecule is NC(=O)N/N=C/c1nccs1. The fourth-order valence-corrected chi connectivity index (χ4v) is 0.946. The third kappa shape index (κ3) is 2.76. The number of urea groups is 1. The highest BCUT2D eigenvalue weighted by Crippen LogP contribution is 1.98. The molecule has 0 atom stereocenters. The van der Waals surface area contributed by atoms with Crippen LogP contribution in [0, 0.1) is 0 Å². The molecule has 0 unspecified atom stereocenters. The molecule has 0 spiro atoms. The van der Waals surface area contributed by atoms with Gasteiger partial charge in [-0.3, -0.25) is 0 Å². The molecule has 1 aromatic heterocycles. The van der Waals surface area contributed by atoms with E-state index in [0.717, 1.165) is 5.01 Å². The van der Waals surface area contributed by atoms with E-state index in [1.807, 2.05) is 5.38 Å². The molecule has 0 aliphatic heterocycles. The van der Waals surface area contributed by atoms with Crippen molar-refractivity contribution in [2.24, 2.45) is 10.8 Å². The molecule has 0 saturated heterocycles. The summed E-state index contributed by atoms with van der Waals surface area (Å²) < 4.78 is 0. The molecule has 11 heavy (non-hydrogen) atoms. The molecule has 1 aromatic rings. The van der Waals surface area contributed by atoms with Crippen LogP contribution in [-0.2, 0) is 0 Å². The van der Waals surface area contributed by atoms with Crippen molar-refractivity contribution < 1.29 is 4.79 Å². The second-order valence-electron chi connectivity index (χ2n) is 1.60. The summed E-state index contributed by atoms with van der Waals surface area (Å²) in [5.74, 6) is 0. The van der Waals surface area contributed by atoms with Gasteiger partial charge in [0.2, 0.25) is 0 Å². The minimum atomic E-state index is -0.683. The lowest BCUT2D eigenvalue weighted by Gasteiger charge is -1.87. The highest BCUT2D eigenvalue weighted by atomic mass is 32.1. The van der Waals surface area contributed by atoms with Crippen LogP contribution in [0.4, 0.5) is 4.79 Å². The van der Waals surface area contributed by atoms with Crippen LogP contribution in [0.5, 0.6) is 0 Å². The third-order valence-corrected chi connectivity index (χ3v) is 1.51. The Morgan fingerprint density at radius 1 is 1.91 bits per heavy atom. The standard InChI is InChI=1S/C5H6N4OS/c6-5(10)9-8-3-4-7-1-2-11-4/h1-3H,(H3,6,9,10)/b8-3+. The van der Waals surface area contributed by atoms with E-state index in [0.29, 0.717) is 0 Å². The number of rotatable bonds is 2. The Bertz CT molecular complexity index is 255. The van der Waals surface area contributed by atoms with E-state index in [1.165, 1.54) is 17.6 Å². The topological polar surface area (TPSA) is 80.4 Å². The number of thiazole rings is 1.